The molecule has 84 valence electrons. The van der Waals surface area contributed by atoms with Gasteiger partial charge in [-0.3, -0.25) is 9.00 Å². The van der Waals surface area contributed by atoms with Gasteiger partial charge in [0.2, 0.25) is 5.91 Å². The van der Waals surface area contributed by atoms with E-state index in [9.17, 15) is 9.00 Å². The number of amides is 1. The fourth-order valence-electron chi connectivity index (χ4n) is 0.885. The normalized spacial score (nSPS) is 13.1. The molecule has 0 heterocycles. The van der Waals surface area contributed by atoms with Gasteiger partial charge in [-0.25, -0.2) is 0 Å². The second kappa shape index (κ2) is 7.90. The Morgan fingerprint density at radius 1 is 1.36 bits per heavy atom. The number of ether oxygens (including phenoxy) is 2. The number of rotatable bonds is 8. The maximum absolute atomic E-state index is 11.3. The molecule has 0 aliphatic rings. The van der Waals surface area contributed by atoms with Crippen LogP contribution in [0.3, 0.4) is 0 Å². The Kier molecular flexibility index (Phi) is 7.64. The van der Waals surface area contributed by atoms with Crippen LogP contribution in [0.15, 0.2) is 0 Å². The van der Waals surface area contributed by atoms with Gasteiger partial charge < -0.3 is 15.2 Å². The van der Waals surface area contributed by atoms with Crippen molar-refractivity contribution in [3.05, 3.63) is 0 Å². The second-order valence-corrected chi connectivity index (χ2v) is 4.06. The Morgan fingerprint density at radius 2 is 1.86 bits per heavy atom. The fraction of sp³-hybridized carbons (Fsp3) is 0.875. The third-order valence-corrected chi connectivity index (χ3v) is 2.58. The van der Waals surface area contributed by atoms with Gasteiger partial charge in [-0.1, -0.05) is 0 Å². The summed E-state index contributed by atoms with van der Waals surface area (Å²) in [4.78, 5) is 10.5. The van der Waals surface area contributed by atoms with E-state index in [0.29, 0.717) is 13.2 Å². The highest BCUT2D eigenvalue weighted by Crippen LogP contribution is 1.98. The summed E-state index contributed by atoms with van der Waals surface area (Å²) in [7, 11) is -1.31. The molecule has 1 unspecified atom stereocenters. The molecular weight excluding hydrogens is 206 g/mol. The van der Waals surface area contributed by atoms with E-state index in [-0.39, 0.29) is 11.5 Å². The second-order valence-electron chi connectivity index (χ2n) is 2.56. The molecule has 0 aliphatic heterocycles. The molecule has 2 N–H and O–H groups in total. The van der Waals surface area contributed by atoms with Crippen LogP contribution >= 0.6 is 0 Å². The highest BCUT2D eigenvalue weighted by molar-refractivity contribution is 7.85. The summed E-state index contributed by atoms with van der Waals surface area (Å²) in [5.74, 6) is -0.531. The van der Waals surface area contributed by atoms with Crippen LogP contribution in [0.25, 0.3) is 0 Å². The summed E-state index contributed by atoms with van der Waals surface area (Å²) in [5.41, 5.74) is 4.90. The smallest absolute Gasteiger partial charge is 0.230 e. The summed E-state index contributed by atoms with van der Waals surface area (Å²) in [6.45, 7) is 4.61. The molecule has 0 rings (SSSR count). The van der Waals surface area contributed by atoms with Crippen LogP contribution in [0.1, 0.15) is 13.8 Å². The van der Waals surface area contributed by atoms with Crippen LogP contribution in [-0.4, -0.2) is 41.1 Å². The third kappa shape index (κ3) is 6.99. The molecule has 0 saturated heterocycles. The molecule has 0 aromatic heterocycles. The summed E-state index contributed by atoms with van der Waals surface area (Å²) in [5, 5.41) is 0. The van der Waals surface area contributed by atoms with E-state index < -0.39 is 23.0 Å². The number of nitrogens with two attached hydrogens (primary N) is 1. The number of carbonyl (C=O) groups excluding carboxylic acids is 1. The number of primary amides is 1. The lowest BCUT2D eigenvalue weighted by Gasteiger charge is -2.15. The van der Waals surface area contributed by atoms with Gasteiger partial charge in [-0.15, -0.1) is 0 Å². The number of hydrogen-bond acceptors (Lipinski definition) is 4. The molecule has 0 bridgehead atoms. The van der Waals surface area contributed by atoms with Crippen molar-refractivity contribution in [2.45, 2.75) is 20.1 Å². The molecule has 0 saturated carbocycles. The molecule has 1 amide bonds. The van der Waals surface area contributed by atoms with Crippen LogP contribution in [0.5, 0.6) is 0 Å². The molecule has 0 aromatic rings. The first-order valence-electron chi connectivity index (χ1n) is 4.46. The first-order chi connectivity index (χ1) is 6.60. The lowest BCUT2D eigenvalue weighted by molar-refractivity contribution is -0.120. The Labute approximate surface area is 86.4 Å². The highest BCUT2D eigenvalue weighted by Gasteiger charge is 2.14. The molecule has 14 heavy (non-hydrogen) atoms. The molecule has 0 aromatic carbocycles. The van der Waals surface area contributed by atoms with Crippen molar-refractivity contribution < 1.29 is 18.5 Å². The van der Waals surface area contributed by atoms with E-state index in [4.69, 9.17) is 15.2 Å². The predicted molar refractivity (Wildman–Crippen MR) is 54.1 cm³/mol. The zero-order valence-electron chi connectivity index (χ0n) is 8.52. The topological polar surface area (TPSA) is 78.6 Å². The van der Waals surface area contributed by atoms with E-state index in [1.54, 1.807) is 0 Å². The van der Waals surface area contributed by atoms with E-state index >= 15 is 0 Å². The first-order valence-corrected chi connectivity index (χ1v) is 5.95. The summed E-state index contributed by atoms with van der Waals surface area (Å²) < 4.78 is 21.6. The lowest BCUT2D eigenvalue weighted by atomic mass is 10.7. The van der Waals surface area contributed by atoms with Crippen molar-refractivity contribution in [1.82, 2.24) is 0 Å². The highest BCUT2D eigenvalue weighted by atomic mass is 32.2. The van der Waals surface area contributed by atoms with Gasteiger partial charge in [-0.05, 0) is 13.8 Å². The quantitative estimate of drug-likeness (QED) is 0.569. The van der Waals surface area contributed by atoms with Crippen LogP contribution < -0.4 is 5.73 Å². The van der Waals surface area contributed by atoms with Gasteiger partial charge in [0.1, 0.15) is 5.75 Å². The average molecular weight is 223 g/mol. The van der Waals surface area contributed by atoms with E-state index in [1.165, 1.54) is 0 Å². The number of carbonyl (C=O) groups is 1. The minimum atomic E-state index is -1.31. The van der Waals surface area contributed by atoms with Gasteiger partial charge in [0.05, 0.1) is 5.75 Å². The minimum absolute atomic E-state index is 0.142. The number of hydrogen-bond donors (Lipinski definition) is 1. The Balaban J connectivity index is 3.88. The van der Waals surface area contributed by atoms with Crippen LogP contribution in [0.2, 0.25) is 0 Å². The largest absolute Gasteiger partial charge is 0.369 e. The summed E-state index contributed by atoms with van der Waals surface area (Å²) in [6.07, 6.45) is -0.509. The van der Waals surface area contributed by atoms with Crippen molar-refractivity contribution in [3.8, 4) is 0 Å². The fourth-order valence-corrected chi connectivity index (χ4v) is 1.82. The van der Waals surface area contributed by atoms with Crippen molar-refractivity contribution in [2.75, 3.05) is 24.7 Å². The van der Waals surface area contributed by atoms with Gasteiger partial charge in [0.15, 0.2) is 6.29 Å². The summed E-state index contributed by atoms with van der Waals surface area (Å²) >= 11 is 0. The molecular formula is C8H17NO4S. The standard InChI is InChI=1S/C8H17NO4S/c1-3-12-8(13-4-2)6-14(11)5-7(9)10/h8H,3-6H2,1-2H3,(H2,9,10). The SMILES string of the molecule is CCOC(CS(=O)CC(N)=O)OCC. The minimum Gasteiger partial charge on any atom is -0.369 e. The molecule has 5 nitrogen and oxygen atoms in total. The zero-order valence-corrected chi connectivity index (χ0v) is 9.34. The third-order valence-electron chi connectivity index (χ3n) is 1.33. The van der Waals surface area contributed by atoms with Crippen molar-refractivity contribution in [3.63, 3.8) is 0 Å². The van der Waals surface area contributed by atoms with Crippen molar-refractivity contribution in [1.29, 1.82) is 0 Å². The average Bonchev–Trinajstić information content (AvgIpc) is 2.03. The van der Waals surface area contributed by atoms with Gasteiger partial charge in [0.25, 0.3) is 0 Å². The van der Waals surface area contributed by atoms with Gasteiger partial charge in [-0.2, -0.15) is 0 Å². The maximum Gasteiger partial charge on any atom is 0.230 e. The first kappa shape index (κ1) is 13.5. The molecule has 0 aliphatic carbocycles. The summed E-state index contributed by atoms with van der Waals surface area (Å²) in [6, 6.07) is 0. The Bertz CT molecular complexity index is 192. The molecule has 0 radical (unpaired) electrons. The van der Waals surface area contributed by atoms with E-state index in [1.807, 2.05) is 13.8 Å². The lowest BCUT2D eigenvalue weighted by Crippen LogP contribution is -2.29. The van der Waals surface area contributed by atoms with Crippen LogP contribution in [0.4, 0.5) is 0 Å². The molecule has 1 atom stereocenters. The molecule has 0 spiro atoms. The van der Waals surface area contributed by atoms with E-state index in [2.05, 4.69) is 0 Å². The molecule has 6 heteroatoms. The van der Waals surface area contributed by atoms with Crippen molar-refractivity contribution >= 4 is 16.7 Å². The Morgan fingerprint density at radius 3 is 2.21 bits per heavy atom. The molecule has 0 fully saturated rings. The van der Waals surface area contributed by atoms with Crippen molar-refractivity contribution in [2.24, 2.45) is 5.73 Å². The predicted octanol–water partition coefficient (Wildman–Crippen LogP) is -0.380. The van der Waals surface area contributed by atoms with Crippen LogP contribution in [0, 0.1) is 0 Å². The zero-order chi connectivity index (χ0) is 11.0. The van der Waals surface area contributed by atoms with Gasteiger partial charge in [0, 0.05) is 24.0 Å². The van der Waals surface area contributed by atoms with Gasteiger partial charge >= 0.3 is 0 Å². The van der Waals surface area contributed by atoms with E-state index in [0.717, 1.165) is 0 Å². The Hall–Kier alpha value is -0.460. The monoisotopic (exact) mass is 223 g/mol. The van der Waals surface area contributed by atoms with Crippen LogP contribution in [-0.2, 0) is 25.1 Å². The maximum atomic E-state index is 11.3.